The van der Waals surface area contributed by atoms with Crippen molar-refractivity contribution in [3.05, 3.63) is 76.0 Å². The van der Waals surface area contributed by atoms with E-state index < -0.39 is 10.8 Å². The highest BCUT2D eigenvalue weighted by Crippen LogP contribution is 2.28. The number of nitriles is 1. The molecule has 0 bridgehead atoms. The molecular formula is C19H16N4O3. The molecule has 1 aliphatic rings. The standard InChI is InChI=1S/C19H16N4O3/c20-12-15(13-22-11-5-7-14-6-1-3-9-17(14)22)19(24)21-16-8-2-4-10-18(16)23(25)26/h1-4,6,8-10,13H,5,7,11H2,(H,21,24)/b15-13-. The number of hydrogen-bond donors (Lipinski definition) is 1. The van der Waals surface area contributed by atoms with E-state index in [0.717, 1.165) is 24.1 Å². The van der Waals surface area contributed by atoms with E-state index in [1.54, 1.807) is 6.07 Å². The highest BCUT2D eigenvalue weighted by atomic mass is 16.6. The van der Waals surface area contributed by atoms with Crippen LogP contribution in [0.15, 0.2) is 60.3 Å². The predicted octanol–water partition coefficient (Wildman–Crippen LogP) is 3.39. The van der Waals surface area contributed by atoms with E-state index in [1.807, 2.05) is 35.2 Å². The molecule has 1 amide bonds. The molecule has 1 aliphatic heterocycles. The smallest absolute Gasteiger partial charge is 0.292 e. The van der Waals surface area contributed by atoms with Gasteiger partial charge in [0.1, 0.15) is 17.3 Å². The molecule has 130 valence electrons. The van der Waals surface area contributed by atoms with Gasteiger partial charge in [-0.3, -0.25) is 14.9 Å². The van der Waals surface area contributed by atoms with Crippen LogP contribution in [0.4, 0.5) is 17.1 Å². The molecule has 0 radical (unpaired) electrons. The van der Waals surface area contributed by atoms with Crippen LogP contribution in [0.1, 0.15) is 12.0 Å². The molecule has 0 unspecified atom stereocenters. The number of nitrogens with zero attached hydrogens (tertiary/aromatic N) is 3. The number of nitro benzene ring substituents is 1. The summed E-state index contributed by atoms with van der Waals surface area (Å²) in [5, 5.41) is 22.9. The maximum absolute atomic E-state index is 12.5. The molecule has 26 heavy (non-hydrogen) atoms. The van der Waals surface area contributed by atoms with E-state index >= 15 is 0 Å². The maximum atomic E-state index is 12.5. The van der Waals surface area contributed by atoms with Gasteiger partial charge in [-0.25, -0.2) is 0 Å². The summed E-state index contributed by atoms with van der Waals surface area (Å²) < 4.78 is 0. The summed E-state index contributed by atoms with van der Waals surface area (Å²) in [6.07, 6.45) is 3.37. The Bertz CT molecular complexity index is 930. The molecule has 0 aliphatic carbocycles. The van der Waals surface area contributed by atoms with Crippen LogP contribution in [0, 0.1) is 21.4 Å². The number of para-hydroxylation sites is 3. The predicted molar refractivity (Wildman–Crippen MR) is 97.5 cm³/mol. The van der Waals surface area contributed by atoms with Crippen molar-refractivity contribution in [2.24, 2.45) is 0 Å². The lowest BCUT2D eigenvalue weighted by Gasteiger charge is -2.28. The average Bonchev–Trinajstić information content (AvgIpc) is 2.66. The largest absolute Gasteiger partial charge is 0.346 e. The fourth-order valence-corrected chi connectivity index (χ4v) is 2.92. The van der Waals surface area contributed by atoms with E-state index in [0.29, 0.717) is 6.54 Å². The molecular weight excluding hydrogens is 332 g/mol. The van der Waals surface area contributed by atoms with Gasteiger partial charge in [-0.1, -0.05) is 30.3 Å². The van der Waals surface area contributed by atoms with Gasteiger partial charge in [0.25, 0.3) is 11.6 Å². The molecule has 0 aromatic heterocycles. The van der Waals surface area contributed by atoms with Crippen LogP contribution in [0.2, 0.25) is 0 Å². The molecule has 1 heterocycles. The van der Waals surface area contributed by atoms with Crippen molar-refractivity contribution in [2.45, 2.75) is 12.8 Å². The van der Waals surface area contributed by atoms with Gasteiger partial charge in [-0.05, 0) is 30.5 Å². The fraction of sp³-hybridized carbons (Fsp3) is 0.158. The van der Waals surface area contributed by atoms with E-state index in [2.05, 4.69) is 5.32 Å². The third kappa shape index (κ3) is 3.54. The molecule has 0 saturated carbocycles. The van der Waals surface area contributed by atoms with E-state index in [1.165, 1.54) is 24.4 Å². The number of fused-ring (bicyclic) bond motifs is 1. The summed E-state index contributed by atoms with van der Waals surface area (Å²) in [5.41, 5.74) is 1.85. The highest BCUT2D eigenvalue weighted by Gasteiger charge is 2.20. The van der Waals surface area contributed by atoms with Crippen LogP contribution in [-0.2, 0) is 11.2 Å². The Kier molecular flexibility index (Phi) is 4.94. The Balaban J connectivity index is 1.86. The number of aryl methyl sites for hydroxylation is 1. The maximum Gasteiger partial charge on any atom is 0.292 e. The molecule has 0 fully saturated rings. The van der Waals surface area contributed by atoms with Crippen LogP contribution in [0.25, 0.3) is 0 Å². The average molecular weight is 348 g/mol. The topological polar surface area (TPSA) is 99.3 Å². The summed E-state index contributed by atoms with van der Waals surface area (Å²) in [5.74, 6) is -0.676. The van der Waals surface area contributed by atoms with Crippen molar-refractivity contribution < 1.29 is 9.72 Å². The first-order chi connectivity index (χ1) is 12.6. The number of amides is 1. The molecule has 0 saturated heterocycles. The third-order valence-corrected chi connectivity index (χ3v) is 4.15. The number of benzene rings is 2. The molecule has 3 rings (SSSR count). The van der Waals surface area contributed by atoms with Crippen LogP contribution in [0.3, 0.4) is 0 Å². The molecule has 0 atom stereocenters. The minimum Gasteiger partial charge on any atom is -0.346 e. The second kappa shape index (κ2) is 7.49. The van der Waals surface area contributed by atoms with Gasteiger partial charge in [-0.15, -0.1) is 0 Å². The third-order valence-electron chi connectivity index (χ3n) is 4.15. The summed E-state index contributed by atoms with van der Waals surface area (Å²) in [6, 6.07) is 15.5. The van der Waals surface area contributed by atoms with Gasteiger partial charge < -0.3 is 10.2 Å². The Labute approximate surface area is 150 Å². The van der Waals surface area contributed by atoms with Crippen LogP contribution < -0.4 is 10.2 Å². The second-order valence-electron chi connectivity index (χ2n) is 5.81. The van der Waals surface area contributed by atoms with E-state index in [9.17, 15) is 20.2 Å². The van der Waals surface area contributed by atoms with Crippen LogP contribution in [0.5, 0.6) is 0 Å². The minimum absolute atomic E-state index is 0.0581. The molecule has 2 aromatic carbocycles. The second-order valence-corrected chi connectivity index (χ2v) is 5.81. The lowest BCUT2D eigenvalue weighted by Crippen LogP contribution is -2.26. The normalized spacial score (nSPS) is 13.5. The SMILES string of the molecule is N#C/C(=C/N1CCCc2ccccc21)C(=O)Nc1ccccc1[N+](=O)[O-]. The van der Waals surface area contributed by atoms with E-state index in [4.69, 9.17) is 0 Å². The molecule has 2 aromatic rings. The van der Waals surface area contributed by atoms with Crippen molar-refractivity contribution >= 4 is 23.0 Å². The number of anilines is 2. The Morgan fingerprint density at radius 3 is 2.73 bits per heavy atom. The Morgan fingerprint density at radius 1 is 1.23 bits per heavy atom. The number of carbonyl (C=O) groups is 1. The fourth-order valence-electron chi connectivity index (χ4n) is 2.92. The Hall–Kier alpha value is -3.66. The summed E-state index contributed by atoms with van der Waals surface area (Å²) in [7, 11) is 0. The monoisotopic (exact) mass is 348 g/mol. The molecule has 7 nitrogen and oxygen atoms in total. The van der Waals surface area contributed by atoms with Crippen molar-refractivity contribution in [3.8, 4) is 6.07 Å². The minimum atomic E-state index is -0.676. The van der Waals surface area contributed by atoms with Gasteiger partial charge in [0.05, 0.1) is 4.92 Å². The molecule has 0 spiro atoms. The highest BCUT2D eigenvalue weighted by molar-refractivity contribution is 6.07. The van der Waals surface area contributed by atoms with Crippen LogP contribution in [-0.4, -0.2) is 17.4 Å². The summed E-state index contributed by atoms with van der Waals surface area (Å²) in [6.45, 7) is 0.695. The first kappa shape index (κ1) is 17.2. The molecule has 1 N–H and O–H groups in total. The van der Waals surface area contributed by atoms with Crippen molar-refractivity contribution in [3.63, 3.8) is 0 Å². The van der Waals surface area contributed by atoms with Gasteiger partial charge in [0, 0.05) is 24.5 Å². The van der Waals surface area contributed by atoms with Crippen LogP contribution >= 0.6 is 0 Å². The van der Waals surface area contributed by atoms with Gasteiger partial charge in [0.15, 0.2) is 0 Å². The number of nitrogens with one attached hydrogen (secondary N) is 1. The summed E-state index contributed by atoms with van der Waals surface area (Å²) >= 11 is 0. The zero-order chi connectivity index (χ0) is 18.5. The number of rotatable bonds is 4. The lowest BCUT2D eigenvalue weighted by molar-refractivity contribution is -0.383. The number of hydrogen-bond acceptors (Lipinski definition) is 5. The zero-order valence-corrected chi connectivity index (χ0v) is 13.9. The number of nitro groups is 1. The van der Waals surface area contributed by atoms with E-state index in [-0.39, 0.29) is 16.9 Å². The summed E-state index contributed by atoms with van der Waals surface area (Å²) in [4.78, 5) is 24.8. The lowest BCUT2D eigenvalue weighted by atomic mass is 10.0. The first-order valence-electron chi connectivity index (χ1n) is 8.11. The Morgan fingerprint density at radius 2 is 1.96 bits per heavy atom. The van der Waals surface area contributed by atoms with Crippen molar-refractivity contribution in [1.29, 1.82) is 5.26 Å². The van der Waals surface area contributed by atoms with Gasteiger partial charge >= 0.3 is 0 Å². The van der Waals surface area contributed by atoms with Gasteiger partial charge in [0.2, 0.25) is 0 Å². The van der Waals surface area contributed by atoms with Crippen molar-refractivity contribution in [1.82, 2.24) is 0 Å². The quantitative estimate of drug-likeness (QED) is 0.395. The first-order valence-corrected chi connectivity index (χ1v) is 8.11. The number of carbonyl (C=O) groups excluding carboxylic acids is 1. The van der Waals surface area contributed by atoms with Crippen molar-refractivity contribution in [2.75, 3.05) is 16.8 Å². The van der Waals surface area contributed by atoms with Gasteiger partial charge in [-0.2, -0.15) is 5.26 Å². The zero-order valence-electron chi connectivity index (χ0n) is 13.9. The molecule has 7 heteroatoms.